The van der Waals surface area contributed by atoms with Crippen LogP contribution in [0, 0.1) is 0 Å². The van der Waals surface area contributed by atoms with Gasteiger partial charge in [-0.3, -0.25) is 4.57 Å². The van der Waals surface area contributed by atoms with Crippen molar-refractivity contribution >= 4 is 23.0 Å². The van der Waals surface area contributed by atoms with Crippen LogP contribution < -0.4 is 0 Å². The first-order chi connectivity index (χ1) is 12.8. The molecule has 0 saturated heterocycles. The van der Waals surface area contributed by atoms with E-state index in [9.17, 15) is 9.59 Å². The number of aromatic nitrogens is 1. The maximum Gasteiger partial charge on any atom is 0.418 e. The lowest BCUT2D eigenvalue weighted by Crippen LogP contribution is -2.26. The number of ether oxygens (including phenoxy) is 2. The quantitative estimate of drug-likeness (QED) is 0.626. The second-order valence-electron chi connectivity index (χ2n) is 7.43. The fourth-order valence-electron chi connectivity index (χ4n) is 2.93. The van der Waals surface area contributed by atoms with Gasteiger partial charge in [-0.1, -0.05) is 18.2 Å². The van der Waals surface area contributed by atoms with Crippen LogP contribution in [-0.2, 0) is 15.9 Å². The third-order valence-corrected chi connectivity index (χ3v) is 4.10. The monoisotopic (exact) mass is 365 g/mol. The highest BCUT2D eigenvalue weighted by Crippen LogP contribution is 2.21. The third-order valence-electron chi connectivity index (χ3n) is 4.10. The fraction of sp³-hybridized carbons (Fsp3) is 0.273. The van der Waals surface area contributed by atoms with Crippen molar-refractivity contribution in [2.75, 3.05) is 7.11 Å². The number of hydrogen-bond donors (Lipinski definition) is 0. The van der Waals surface area contributed by atoms with E-state index in [-0.39, 0.29) is 5.97 Å². The topological polar surface area (TPSA) is 57.5 Å². The minimum absolute atomic E-state index is 0.346. The van der Waals surface area contributed by atoms with Gasteiger partial charge in [0.2, 0.25) is 0 Å². The smallest absolute Gasteiger partial charge is 0.418 e. The number of esters is 1. The number of fused-ring (bicyclic) bond motifs is 1. The van der Waals surface area contributed by atoms with Gasteiger partial charge in [0, 0.05) is 11.6 Å². The van der Waals surface area contributed by atoms with Crippen LogP contribution in [-0.4, -0.2) is 29.3 Å². The molecule has 3 rings (SSSR count). The Morgan fingerprint density at radius 1 is 1.00 bits per heavy atom. The molecule has 0 radical (unpaired) electrons. The van der Waals surface area contributed by atoms with Gasteiger partial charge in [0.15, 0.2) is 0 Å². The van der Waals surface area contributed by atoms with Crippen LogP contribution in [0.4, 0.5) is 4.79 Å². The zero-order valence-corrected chi connectivity index (χ0v) is 16.0. The Labute approximate surface area is 158 Å². The molecule has 2 aromatic carbocycles. The van der Waals surface area contributed by atoms with Gasteiger partial charge in [0.25, 0.3) is 0 Å². The average molecular weight is 365 g/mol. The van der Waals surface area contributed by atoms with E-state index in [0.717, 1.165) is 22.0 Å². The molecule has 1 aromatic heterocycles. The lowest BCUT2D eigenvalue weighted by molar-refractivity contribution is 0.0543. The van der Waals surface area contributed by atoms with Crippen LogP contribution in [0.2, 0.25) is 0 Å². The molecule has 0 aliphatic carbocycles. The molecule has 140 valence electrons. The molecule has 0 atom stereocenters. The molecule has 5 nitrogen and oxygen atoms in total. The Balaban J connectivity index is 1.84. The zero-order chi connectivity index (χ0) is 19.6. The molecular formula is C22H23NO4. The first kappa shape index (κ1) is 18.7. The zero-order valence-electron chi connectivity index (χ0n) is 16.0. The predicted molar refractivity (Wildman–Crippen MR) is 104 cm³/mol. The lowest BCUT2D eigenvalue weighted by Gasteiger charge is -2.19. The van der Waals surface area contributed by atoms with Crippen molar-refractivity contribution in [2.45, 2.75) is 32.8 Å². The highest BCUT2D eigenvalue weighted by molar-refractivity contribution is 5.90. The molecule has 3 aromatic rings. The van der Waals surface area contributed by atoms with Crippen molar-refractivity contribution in [3.8, 4) is 0 Å². The fourth-order valence-corrected chi connectivity index (χ4v) is 2.93. The van der Waals surface area contributed by atoms with Gasteiger partial charge in [0.1, 0.15) is 5.60 Å². The summed E-state index contributed by atoms with van der Waals surface area (Å²) < 4.78 is 11.7. The van der Waals surface area contributed by atoms with Crippen LogP contribution in [0.3, 0.4) is 0 Å². The Kier molecular flexibility index (Phi) is 5.04. The molecule has 0 saturated carbocycles. The Bertz CT molecular complexity index is 995. The van der Waals surface area contributed by atoms with Crippen LogP contribution in [0.1, 0.15) is 42.3 Å². The van der Waals surface area contributed by atoms with Crippen LogP contribution in [0.5, 0.6) is 0 Å². The second-order valence-corrected chi connectivity index (χ2v) is 7.43. The summed E-state index contributed by atoms with van der Waals surface area (Å²) >= 11 is 0. The maximum atomic E-state index is 12.3. The summed E-state index contributed by atoms with van der Waals surface area (Å²) in [7, 11) is 1.37. The van der Waals surface area contributed by atoms with Crippen molar-refractivity contribution < 1.29 is 19.1 Å². The van der Waals surface area contributed by atoms with Crippen LogP contribution >= 0.6 is 0 Å². The molecule has 0 bridgehead atoms. The number of carbonyl (C=O) groups is 2. The molecule has 0 aliphatic rings. The Hall–Kier alpha value is -3.08. The third kappa shape index (κ3) is 4.37. The standard InChI is InChI=1S/C22H23NO4/c1-22(2,3)27-21(25)23-11-10-17-13-16(8-9-19(17)23)12-15-6-5-7-18(14-15)20(24)26-4/h5-11,13-14H,12H2,1-4H3. The minimum atomic E-state index is -0.543. The van der Waals surface area contributed by atoms with Gasteiger partial charge in [0.05, 0.1) is 18.2 Å². The van der Waals surface area contributed by atoms with Crippen LogP contribution in [0.25, 0.3) is 10.9 Å². The average Bonchev–Trinajstić information content (AvgIpc) is 3.03. The van der Waals surface area contributed by atoms with Crippen molar-refractivity contribution in [2.24, 2.45) is 0 Å². The number of hydrogen-bond acceptors (Lipinski definition) is 4. The first-order valence-electron chi connectivity index (χ1n) is 8.77. The van der Waals surface area contributed by atoms with Gasteiger partial charge >= 0.3 is 12.1 Å². The summed E-state index contributed by atoms with van der Waals surface area (Å²) in [6, 6.07) is 15.2. The van der Waals surface area contributed by atoms with E-state index in [1.165, 1.54) is 11.7 Å². The highest BCUT2D eigenvalue weighted by atomic mass is 16.6. The van der Waals surface area contributed by atoms with Crippen LogP contribution in [0.15, 0.2) is 54.7 Å². The molecule has 0 N–H and O–H groups in total. The van der Waals surface area contributed by atoms with Crippen molar-refractivity contribution in [1.29, 1.82) is 0 Å². The van der Waals surface area contributed by atoms with Crippen molar-refractivity contribution in [3.05, 3.63) is 71.4 Å². The molecule has 0 unspecified atom stereocenters. The Morgan fingerprint density at radius 2 is 1.74 bits per heavy atom. The number of benzene rings is 2. The van der Waals surface area contributed by atoms with Gasteiger partial charge in [-0.05, 0) is 68.7 Å². The lowest BCUT2D eigenvalue weighted by atomic mass is 10.0. The Morgan fingerprint density at radius 3 is 2.44 bits per heavy atom. The molecule has 0 aliphatic heterocycles. The van der Waals surface area contributed by atoms with Gasteiger partial charge in [-0.25, -0.2) is 9.59 Å². The van der Waals surface area contributed by atoms with E-state index < -0.39 is 11.7 Å². The van der Waals surface area contributed by atoms with Gasteiger partial charge in [-0.15, -0.1) is 0 Å². The summed E-state index contributed by atoms with van der Waals surface area (Å²) in [6.45, 7) is 5.53. The number of nitrogens with zero attached hydrogens (tertiary/aromatic N) is 1. The van der Waals surface area contributed by atoms with Gasteiger partial charge in [-0.2, -0.15) is 0 Å². The van der Waals surface area contributed by atoms with E-state index in [1.807, 2.05) is 63.2 Å². The van der Waals surface area contributed by atoms with Gasteiger partial charge < -0.3 is 9.47 Å². The predicted octanol–water partition coefficient (Wildman–Crippen LogP) is 4.80. The summed E-state index contributed by atoms with van der Waals surface area (Å²) in [6.07, 6.45) is 2.01. The molecule has 0 amide bonds. The number of methoxy groups -OCH3 is 1. The van der Waals surface area contributed by atoms with Crippen molar-refractivity contribution in [1.82, 2.24) is 4.57 Å². The molecular weight excluding hydrogens is 342 g/mol. The molecule has 0 fully saturated rings. The normalized spacial score (nSPS) is 11.4. The summed E-state index contributed by atoms with van der Waals surface area (Å²) in [5.74, 6) is -0.346. The largest absolute Gasteiger partial charge is 0.465 e. The van der Waals surface area contributed by atoms with E-state index in [4.69, 9.17) is 9.47 Å². The second kappa shape index (κ2) is 7.27. The number of carbonyl (C=O) groups excluding carboxylic acids is 2. The molecule has 27 heavy (non-hydrogen) atoms. The molecule has 1 heterocycles. The molecule has 5 heteroatoms. The highest BCUT2D eigenvalue weighted by Gasteiger charge is 2.19. The molecule has 0 spiro atoms. The summed E-state index contributed by atoms with van der Waals surface area (Å²) in [5.41, 5.74) is 2.90. The maximum absolute atomic E-state index is 12.3. The first-order valence-corrected chi connectivity index (χ1v) is 8.77. The summed E-state index contributed by atoms with van der Waals surface area (Å²) in [4.78, 5) is 24.0. The summed E-state index contributed by atoms with van der Waals surface area (Å²) in [5, 5.41) is 0.961. The van der Waals surface area contributed by atoms with Crippen molar-refractivity contribution in [3.63, 3.8) is 0 Å². The number of rotatable bonds is 3. The minimum Gasteiger partial charge on any atom is -0.465 e. The van der Waals surface area contributed by atoms with E-state index in [1.54, 1.807) is 12.3 Å². The SMILES string of the molecule is COC(=O)c1cccc(Cc2ccc3c(ccn3C(=O)OC(C)(C)C)c2)c1. The van der Waals surface area contributed by atoms with E-state index in [0.29, 0.717) is 12.0 Å². The van der Waals surface area contributed by atoms with E-state index >= 15 is 0 Å². The van der Waals surface area contributed by atoms with E-state index in [2.05, 4.69) is 0 Å².